The minimum Gasteiger partial charge on any atom is -0.457 e. The van der Waals surface area contributed by atoms with Gasteiger partial charge in [-0.3, -0.25) is 0 Å². The molecule has 0 bridgehead atoms. The SMILES string of the molecule is [C-]#[N+]/C(C#N)=C1\c2ccccc2-c2nc3cc(Oc4ccc(F)cc4)ccc3nc21. The maximum absolute atomic E-state index is 13.1. The Morgan fingerprint density at radius 3 is 2.33 bits per heavy atom. The Bertz CT molecular complexity index is 1430. The number of rotatable bonds is 2. The Hall–Kier alpha value is -4.55. The molecule has 0 unspecified atom stereocenters. The summed E-state index contributed by atoms with van der Waals surface area (Å²) in [6.45, 7) is 7.37. The third kappa shape index (κ3) is 2.76. The van der Waals surface area contributed by atoms with Crippen molar-refractivity contribution in [1.29, 1.82) is 5.26 Å². The van der Waals surface area contributed by atoms with E-state index >= 15 is 0 Å². The molecular weight excluding hydrogens is 379 g/mol. The molecule has 5 rings (SSSR count). The van der Waals surface area contributed by atoms with Crippen LogP contribution in [0, 0.1) is 23.7 Å². The minimum atomic E-state index is -0.332. The van der Waals surface area contributed by atoms with E-state index in [1.54, 1.807) is 30.3 Å². The number of allylic oxidation sites excluding steroid dienone is 1. The third-order valence-corrected chi connectivity index (χ3v) is 4.83. The van der Waals surface area contributed by atoms with Crippen LogP contribution in [-0.2, 0) is 0 Å². The van der Waals surface area contributed by atoms with Gasteiger partial charge in [-0.15, -0.1) is 0 Å². The molecule has 1 aliphatic carbocycles. The molecule has 0 amide bonds. The van der Waals surface area contributed by atoms with Crippen LogP contribution in [0.5, 0.6) is 11.5 Å². The van der Waals surface area contributed by atoms with Crippen molar-refractivity contribution in [3.63, 3.8) is 0 Å². The molecule has 4 aromatic rings. The van der Waals surface area contributed by atoms with Crippen molar-refractivity contribution >= 4 is 16.6 Å². The van der Waals surface area contributed by atoms with E-state index in [9.17, 15) is 9.65 Å². The van der Waals surface area contributed by atoms with Gasteiger partial charge in [-0.2, -0.15) is 0 Å². The number of fused-ring (bicyclic) bond motifs is 4. The number of nitrogens with zero attached hydrogens (tertiary/aromatic N) is 4. The third-order valence-electron chi connectivity index (χ3n) is 4.83. The molecule has 5 nitrogen and oxygen atoms in total. The minimum absolute atomic E-state index is 0.00823. The first kappa shape index (κ1) is 17.5. The molecule has 3 aromatic carbocycles. The number of ether oxygens (including phenoxy) is 1. The lowest BCUT2D eigenvalue weighted by Crippen LogP contribution is -1.94. The molecular formula is C24H11FN4O. The maximum atomic E-state index is 13.1. The lowest BCUT2D eigenvalue weighted by Gasteiger charge is -2.08. The highest BCUT2D eigenvalue weighted by atomic mass is 19.1. The molecule has 1 heterocycles. The molecule has 0 fully saturated rings. The maximum Gasteiger partial charge on any atom is 0.271 e. The number of hydrogen-bond acceptors (Lipinski definition) is 4. The molecule has 30 heavy (non-hydrogen) atoms. The van der Waals surface area contributed by atoms with Gasteiger partial charge in [-0.05, 0) is 42.0 Å². The highest BCUT2D eigenvalue weighted by molar-refractivity contribution is 6.02. The average Bonchev–Trinajstić information content (AvgIpc) is 3.08. The molecule has 6 heteroatoms. The molecule has 0 aliphatic heterocycles. The number of nitriles is 1. The highest BCUT2D eigenvalue weighted by Gasteiger charge is 2.29. The van der Waals surface area contributed by atoms with Gasteiger partial charge in [0, 0.05) is 17.2 Å². The van der Waals surface area contributed by atoms with E-state index in [0.717, 1.165) is 11.1 Å². The number of hydrogen-bond donors (Lipinski definition) is 0. The summed E-state index contributed by atoms with van der Waals surface area (Å²) in [5.74, 6) is 0.724. The molecule has 1 aliphatic rings. The number of halogens is 1. The van der Waals surface area contributed by atoms with Crippen LogP contribution >= 0.6 is 0 Å². The van der Waals surface area contributed by atoms with Crippen LogP contribution in [0.25, 0.3) is 32.7 Å². The zero-order chi connectivity index (χ0) is 20.7. The van der Waals surface area contributed by atoms with Crippen molar-refractivity contribution in [2.75, 3.05) is 0 Å². The average molecular weight is 390 g/mol. The van der Waals surface area contributed by atoms with Crippen molar-refractivity contribution in [2.45, 2.75) is 0 Å². The predicted molar refractivity (Wildman–Crippen MR) is 110 cm³/mol. The second-order valence-electron chi connectivity index (χ2n) is 6.62. The predicted octanol–water partition coefficient (Wildman–Crippen LogP) is 5.74. The van der Waals surface area contributed by atoms with Gasteiger partial charge in [0.1, 0.15) is 17.3 Å². The van der Waals surface area contributed by atoms with Gasteiger partial charge in [-0.1, -0.05) is 24.3 Å². The molecule has 1 aromatic heterocycles. The van der Waals surface area contributed by atoms with Gasteiger partial charge in [0.15, 0.2) is 0 Å². The van der Waals surface area contributed by atoms with Gasteiger partial charge < -0.3 is 4.74 Å². The van der Waals surface area contributed by atoms with Crippen LogP contribution in [0.4, 0.5) is 4.39 Å². The zero-order valence-corrected chi connectivity index (χ0v) is 15.4. The molecule has 0 saturated carbocycles. The van der Waals surface area contributed by atoms with Crippen LogP contribution in [0.2, 0.25) is 0 Å². The van der Waals surface area contributed by atoms with Crippen molar-refractivity contribution in [2.24, 2.45) is 0 Å². The van der Waals surface area contributed by atoms with Crippen molar-refractivity contribution in [1.82, 2.24) is 9.97 Å². The van der Waals surface area contributed by atoms with Crippen LogP contribution in [0.15, 0.2) is 72.4 Å². The van der Waals surface area contributed by atoms with Crippen LogP contribution < -0.4 is 4.74 Å². The standard InChI is InChI=1S/C24H11FN4O/c1-27-21(13-26)22-17-4-2-3-5-18(17)23-24(22)28-19-11-10-16(12-20(19)29-23)30-15-8-6-14(25)7-9-15/h2-12H/b22-21+. The van der Waals surface area contributed by atoms with E-state index in [0.29, 0.717) is 39.5 Å². The molecule has 0 N–H and O–H groups in total. The Morgan fingerprint density at radius 2 is 1.60 bits per heavy atom. The lowest BCUT2D eigenvalue weighted by molar-refractivity contribution is 0.481. The smallest absolute Gasteiger partial charge is 0.271 e. The van der Waals surface area contributed by atoms with E-state index < -0.39 is 0 Å². The Balaban J connectivity index is 1.67. The van der Waals surface area contributed by atoms with E-state index in [2.05, 4.69) is 4.85 Å². The van der Waals surface area contributed by atoms with E-state index in [1.165, 1.54) is 12.1 Å². The van der Waals surface area contributed by atoms with Crippen LogP contribution in [0.3, 0.4) is 0 Å². The van der Waals surface area contributed by atoms with Gasteiger partial charge in [0.2, 0.25) is 0 Å². The van der Waals surface area contributed by atoms with Crippen molar-refractivity contribution in [3.8, 4) is 28.8 Å². The second-order valence-corrected chi connectivity index (χ2v) is 6.62. The summed E-state index contributed by atoms with van der Waals surface area (Å²) in [4.78, 5) is 12.9. The molecule has 0 atom stereocenters. The quantitative estimate of drug-likeness (QED) is 0.285. The molecule has 0 saturated heterocycles. The summed E-state index contributed by atoms with van der Waals surface area (Å²) >= 11 is 0. The fourth-order valence-electron chi connectivity index (χ4n) is 3.51. The summed E-state index contributed by atoms with van der Waals surface area (Å²) in [7, 11) is 0. The van der Waals surface area contributed by atoms with E-state index in [1.807, 2.05) is 30.3 Å². The van der Waals surface area contributed by atoms with Crippen LogP contribution in [-0.4, -0.2) is 9.97 Å². The Morgan fingerprint density at radius 1 is 0.900 bits per heavy atom. The van der Waals surface area contributed by atoms with E-state index in [-0.39, 0.29) is 11.5 Å². The summed E-state index contributed by atoms with van der Waals surface area (Å²) in [5.41, 5.74) is 4.51. The highest BCUT2D eigenvalue weighted by Crippen LogP contribution is 2.44. The molecule has 0 radical (unpaired) electrons. The topological polar surface area (TPSA) is 63.2 Å². The monoisotopic (exact) mass is 390 g/mol. The number of aromatic nitrogens is 2. The van der Waals surface area contributed by atoms with E-state index in [4.69, 9.17) is 21.3 Å². The molecule has 140 valence electrons. The van der Waals surface area contributed by atoms with Gasteiger partial charge in [0.05, 0.1) is 35.1 Å². The normalized spacial score (nSPS) is 13.2. The lowest BCUT2D eigenvalue weighted by atomic mass is 10.0. The van der Waals surface area contributed by atoms with Gasteiger partial charge >= 0.3 is 0 Å². The molecule has 0 spiro atoms. The fourth-order valence-corrected chi connectivity index (χ4v) is 3.51. The number of benzene rings is 3. The Labute approximate surface area is 171 Å². The summed E-state index contributed by atoms with van der Waals surface area (Å²) in [6, 6.07) is 20.5. The van der Waals surface area contributed by atoms with Crippen molar-refractivity contribution in [3.05, 3.63) is 101 Å². The summed E-state index contributed by atoms with van der Waals surface area (Å²) in [6.07, 6.45) is 0. The largest absolute Gasteiger partial charge is 0.457 e. The fraction of sp³-hybridized carbons (Fsp3) is 0. The first-order chi connectivity index (χ1) is 14.7. The Kier molecular flexibility index (Phi) is 3.98. The first-order valence-electron chi connectivity index (χ1n) is 9.05. The second kappa shape index (κ2) is 6.80. The zero-order valence-electron chi connectivity index (χ0n) is 15.4. The van der Waals surface area contributed by atoms with Gasteiger partial charge in [-0.25, -0.2) is 24.5 Å². The first-order valence-corrected chi connectivity index (χ1v) is 9.05. The summed E-state index contributed by atoms with van der Waals surface area (Å²) < 4.78 is 18.9. The summed E-state index contributed by atoms with van der Waals surface area (Å²) in [5, 5.41) is 9.43. The van der Waals surface area contributed by atoms with Crippen LogP contribution in [0.1, 0.15) is 11.3 Å². The van der Waals surface area contributed by atoms with Gasteiger partial charge in [0.25, 0.3) is 5.70 Å². The van der Waals surface area contributed by atoms with Crippen molar-refractivity contribution < 1.29 is 9.13 Å².